The molecule has 3 nitrogen and oxygen atoms in total. The number of pyridine rings is 1. The van der Waals surface area contributed by atoms with Crippen molar-refractivity contribution in [3.05, 3.63) is 103 Å². The SMILES string of the molecule is c1cnc(Oc2cccc3ccccc23)c(Oc2cccc3ccccc23)c1. The average molecular weight is 363 g/mol. The molecule has 0 N–H and O–H groups in total. The first-order valence-electron chi connectivity index (χ1n) is 9.15. The highest BCUT2D eigenvalue weighted by molar-refractivity contribution is 5.89. The molecule has 0 unspecified atom stereocenters. The van der Waals surface area contributed by atoms with Crippen LogP contribution < -0.4 is 9.47 Å². The van der Waals surface area contributed by atoms with E-state index in [1.165, 1.54) is 0 Å². The molecule has 0 aliphatic carbocycles. The number of aromatic nitrogens is 1. The zero-order valence-electron chi connectivity index (χ0n) is 15.1. The second kappa shape index (κ2) is 7.05. The maximum absolute atomic E-state index is 6.22. The Kier molecular flexibility index (Phi) is 4.11. The molecule has 0 aliphatic rings. The summed E-state index contributed by atoms with van der Waals surface area (Å²) < 4.78 is 12.4. The Morgan fingerprint density at radius 1 is 0.464 bits per heavy atom. The summed E-state index contributed by atoms with van der Waals surface area (Å²) in [5.74, 6) is 2.53. The molecule has 134 valence electrons. The fraction of sp³-hybridized carbons (Fsp3) is 0. The predicted molar refractivity (Wildman–Crippen MR) is 112 cm³/mol. The molecular weight excluding hydrogens is 346 g/mol. The van der Waals surface area contributed by atoms with Crippen LogP contribution in [-0.2, 0) is 0 Å². The molecule has 5 rings (SSSR count). The number of ether oxygens (including phenoxy) is 2. The summed E-state index contributed by atoms with van der Waals surface area (Å²) in [5.41, 5.74) is 0. The van der Waals surface area contributed by atoms with Gasteiger partial charge >= 0.3 is 0 Å². The molecule has 5 aromatic rings. The minimum Gasteiger partial charge on any atom is -0.451 e. The molecular formula is C25H17NO2. The van der Waals surface area contributed by atoms with Crippen LogP contribution in [-0.4, -0.2) is 4.98 Å². The number of benzene rings is 4. The summed E-state index contributed by atoms with van der Waals surface area (Å²) >= 11 is 0. The molecule has 0 radical (unpaired) electrons. The van der Waals surface area contributed by atoms with Gasteiger partial charge in [0, 0.05) is 17.0 Å². The highest BCUT2D eigenvalue weighted by atomic mass is 16.5. The first-order chi connectivity index (χ1) is 13.9. The molecule has 0 fully saturated rings. The predicted octanol–water partition coefficient (Wildman–Crippen LogP) is 6.97. The van der Waals surface area contributed by atoms with Gasteiger partial charge in [0.15, 0.2) is 5.75 Å². The van der Waals surface area contributed by atoms with Crippen molar-refractivity contribution in [2.75, 3.05) is 0 Å². The van der Waals surface area contributed by atoms with Gasteiger partial charge in [-0.25, -0.2) is 4.98 Å². The molecule has 28 heavy (non-hydrogen) atoms. The molecule has 1 aromatic heterocycles. The van der Waals surface area contributed by atoms with Crippen LogP contribution in [0, 0.1) is 0 Å². The van der Waals surface area contributed by atoms with Crippen molar-refractivity contribution in [3.63, 3.8) is 0 Å². The monoisotopic (exact) mass is 363 g/mol. The van der Waals surface area contributed by atoms with E-state index in [9.17, 15) is 0 Å². The third-order valence-electron chi connectivity index (χ3n) is 4.66. The second-order valence-corrected chi connectivity index (χ2v) is 6.47. The molecule has 0 saturated heterocycles. The number of fused-ring (bicyclic) bond motifs is 2. The lowest BCUT2D eigenvalue weighted by molar-refractivity contribution is 0.409. The van der Waals surface area contributed by atoms with Crippen LogP contribution in [0.25, 0.3) is 21.5 Å². The van der Waals surface area contributed by atoms with Crippen LogP contribution in [0.15, 0.2) is 103 Å². The van der Waals surface area contributed by atoms with Gasteiger partial charge in [-0.15, -0.1) is 0 Å². The summed E-state index contributed by atoms with van der Waals surface area (Å²) in [6.07, 6.45) is 1.70. The number of rotatable bonds is 4. The van der Waals surface area contributed by atoms with Crippen molar-refractivity contribution in [1.29, 1.82) is 0 Å². The molecule has 0 atom stereocenters. The standard InChI is InChI=1S/C25H17NO2/c1-3-12-20-18(8-1)10-5-14-22(20)27-24-16-7-17-26-25(24)28-23-15-6-11-19-9-2-4-13-21(19)23/h1-17H. The molecule has 4 aromatic carbocycles. The second-order valence-electron chi connectivity index (χ2n) is 6.47. The van der Waals surface area contributed by atoms with Gasteiger partial charge in [0.05, 0.1) is 0 Å². The van der Waals surface area contributed by atoms with Crippen molar-refractivity contribution in [2.24, 2.45) is 0 Å². The van der Waals surface area contributed by atoms with Crippen molar-refractivity contribution >= 4 is 21.5 Å². The zero-order valence-corrected chi connectivity index (χ0v) is 15.1. The van der Waals surface area contributed by atoms with Gasteiger partial charge in [-0.1, -0.05) is 72.8 Å². The molecule has 0 saturated carbocycles. The Morgan fingerprint density at radius 2 is 1.00 bits per heavy atom. The molecule has 0 bridgehead atoms. The van der Waals surface area contributed by atoms with E-state index in [0.717, 1.165) is 33.0 Å². The first-order valence-corrected chi connectivity index (χ1v) is 9.15. The van der Waals surface area contributed by atoms with Gasteiger partial charge < -0.3 is 9.47 Å². The van der Waals surface area contributed by atoms with Crippen LogP contribution in [0.3, 0.4) is 0 Å². The van der Waals surface area contributed by atoms with E-state index in [4.69, 9.17) is 9.47 Å². The normalized spacial score (nSPS) is 10.9. The number of hydrogen-bond acceptors (Lipinski definition) is 3. The Labute approximate surface area is 162 Å². The van der Waals surface area contributed by atoms with E-state index >= 15 is 0 Å². The summed E-state index contributed by atoms with van der Waals surface area (Å²) in [6.45, 7) is 0. The summed E-state index contributed by atoms with van der Waals surface area (Å²) in [7, 11) is 0. The molecule has 0 spiro atoms. The number of hydrogen-bond donors (Lipinski definition) is 0. The Morgan fingerprint density at radius 3 is 1.68 bits per heavy atom. The molecule has 1 heterocycles. The van der Waals surface area contributed by atoms with Gasteiger partial charge in [0.25, 0.3) is 5.88 Å². The summed E-state index contributed by atoms with van der Waals surface area (Å²) in [5, 5.41) is 4.32. The lowest BCUT2D eigenvalue weighted by atomic mass is 10.1. The van der Waals surface area contributed by atoms with Crippen LogP contribution in [0.5, 0.6) is 23.1 Å². The van der Waals surface area contributed by atoms with Crippen LogP contribution in [0.2, 0.25) is 0 Å². The smallest absolute Gasteiger partial charge is 0.263 e. The zero-order chi connectivity index (χ0) is 18.8. The highest BCUT2D eigenvalue weighted by Crippen LogP contribution is 2.37. The lowest BCUT2D eigenvalue weighted by Crippen LogP contribution is -1.94. The minimum atomic E-state index is 0.437. The van der Waals surface area contributed by atoms with E-state index in [1.807, 2.05) is 72.8 Å². The van der Waals surface area contributed by atoms with Crippen LogP contribution >= 0.6 is 0 Å². The summed E-state index contributed by atoms with van der Waals surface area (Å²) in [4.78, 5) is 4.41. The summed E-state index contributed by atoms with van der Waals surface area (Å²) in [6, 6.07) is 32.0. The third-order valence-corrected chi connectivity index (χ3v) is 4.66. The van der Waals surface area contributed by atoms with Crippen LogP contribution in [0.4, 0.5) is 0 Å². The van der Waals surface area contributed by atoms with E-state index in [0.29, 0.717) is 11.6 Å². The van der Waals surface area contributed by atoms with Crippen molar-refractivity contribution in [2.45, 2.75) is 0 Å². The number of nitrogens with zero attached hydrogens (tertiary/aromatic N) is 1. The van der Waals surface area contributed by atoms with Crippen molar-refractivity contribution in [3.8, 4) is 23.1 Å². The largest absolute Gasteiger partial charge is 0.451 e. The quantitative estimate of drug-likeness (QED) is 0.345. The fourth-order valence-corrected chi connectivity index (χ4v) is 3.32. The lowest BCUT2D eigenvalue weighted by Gasteiger charge is -2.13. The third kappa shape index (κ3) is 3.03. The van der Waals surface area contributed by atoms with Gasteiger partial charge in [-0.2, -0.15) is 0 Å². The van der Waals surface area contributed by atoms with E-state index < -0.39 is 0 Å². The molecule has 0 aliphatic heterocycles. The molecule has 3 heteroatoms. The van der Waals surface area contributed by atoms with Crippen LogP contribution in [0.1, 0.15) is 0 Å². The van der Waals surface area contributed by atoms with E-state index in [1.54, 1.807) is 6.20 Å². The van der Waals surface area contributed by atoms with Gasteiger partial charge in [0.2, 0.25) is 0 Å². The van der Waals surface area contributed by atoms with Gasteiger partial charge in [0.1, 0.15) is 11.5 Å². The Hall–Kier alpha value is -3.85. The fourth-order valence-electron chi connectivity index (χ4n) is 3.32. The Bertz CT molecular complexity index is 1170. The van der Waals surface area contributed by atoms with Gasteiger partial charge in [-0.3, -0.25) is 0 Å². The minimum absolute atomic E-state index is 0.437. The van der Waals surface area contributed by atoms with E-state index in [-0.39, 0.29) is 0 Å². The van der Waals surface area contributed by atoms with E-state index in [2.05, 4.69) is 29.2 Å². The molecule has 0 amide bonds. The average Bonchev–Trinajstić information content (AvgIpc) is 2.76. The highest BCUT2D eigenvalue weighted by Gasteiger charge is 2.12. The maximum atomic E-state index is 6.22. The van der Waals surface area contributed by atoms with Crippen molar-refractivity contribution in [1.82, 2.24) is 4.98 Å². The maximum Gasteiger partial charge on any atom is 0.263 e. The Balaban J connectivity index is 1.54. The topological polar surface area (TPSA) is 31.4 Å². The first kappa shape index (κ1) is 16.3. The van der Waals surface area contributed by atoms with Gasteiger partial charge in [-0.05, 0) is 35.0 Å². The van der Waals surface area contributed by atoms with Crippen molar-refractivity contribution < 1.29 is 9.47 Å².